The molecule has 0 radical (unpaired) electrons. The van der Waals surface area contributed by atoms with Crippen LogP contribution in [0.1, 0.15) is 18.4 Å². The van der Waals surface area contributed by atoms with Gasteiger partial charge in [0.1, 0.15) is 5.82 Å². The van der Waals surface area contributed by atoms with E-state index in [1.54, 1.807) is 4.68 Å². The highest BCUT2D eigenvalue weighted by Gasteiger charge is 2.11. The van der Waals surface area contributed by atoms with Crippen LogP contribution in [0.5, 0.6) is 0 Å². The van der Waals surface area contributed by atoms with Gasteiger partial charge in [-0.25, -0.2) is 4.98 Å². The summed E-state index contributed by atoms with van der Waals surface area (Å²) in [5.41, 5.74) is 2.05. The highest BCUT2D eigenvalue weighted by Crippen LogP contribution is 2.18. The molecule has 0 bridgehead atoms. The second-order valence-corrected chi connectivity index (χ2v) is 3.26. The van der Waals surface area contributed by atoms with Crippen molar-refractivity contribution in [2.75, 3.05) is 0 Å². The Kier molecular flexibility index (Phi) is 2.07. The van der Waals surface area contributed by atoms with Crippen LogP contribution in [0, 0.1) is 6.92 Å². The number of rotatable bonds is 2. The van der Waals surface area contributed by atoms with Gasteiger partial charge in [-0.15, -0.1) is 0 Å². The maximum absolute atomic E-state index is 4.34. The Morgan fingerprint density at radius 3 is 2.86 bits per heavy atom. The van der Waals surface area contributed by atoms with Crippen molar-refractivity contribution in [1.82, 2.24) is 25.0 Å². The summed E-state index contributed by atoms with van der Waals surface area (Å²) < 4.78 is 1.79. The van der Waals surface area contributed by atoms with Gasteiger partial charge in [0.05, 0.1) is 11.3 Å². The number of aromatic amines is 1. The van der Waals surface area contributed by atoms with Gasteiger partial charge in [0.2, 0.25) is 0 Å². The van der Waals surface area contributed by atoms with Crippen LogP contribution < -0.4 is 0 Å². The molecule has 0 spiro atoms. The second kappa shape index (κ2) is 3.25. The molecule has 0 atom stereocenters. The second-order valence-electron chi connectivity index (χ2n) is 3.26. The molecule has 2 aromatic heterocycles. The Hall–Kier alpha value is -1.65. The van der Waals surface area contributed by atoms with Gasteiger partial charge in [0.25, 0.3) is 0 Å². The molecule has 0 saturated carbocycles. The molecule has 0 fully saturated rings. The minimum Gasteiger partial charge on any atom is -0.275 e. The third-order valence-electron chi connectivity index (χ3n) is 2.08. The summed E-state index contributed by atoms with van der Waals surface area (Å²) >= 11 is 0. The van der Waals surface area contributed by atoms with Crippen molar-refractivity contribution in [1.29, 1.82) is 0 Å². The van der Waals surface area contributed by atoms with Gasteiger partial charge in [0.15, 0.2) is 5.82 Å². The van der Waals surface area contributed by atoms with E-state index in [0.717, 1.165) is 29.3 Å². The summed E-state index contributed by atoms with van der Waals surface area (Å²) in [7, 11) is 1.90. The molecule has 0 unspecified atom stereocenters. The molecule has 74 valence electrons. The van der Waals surface area contributed by atoms with Crippen LogP contribution in [-0.4, -0.2) is 25.0 Å². The van der Waals surface area contributed by atoms with E-state index in [4.69, 9.17) is 0 Å². The smallest absolute Gasteiger partial charge is 0.184 e. The molecule has 0 aliphatic heterocycles. The zero-order valence-electron chi connectivity index (χ0n) is 8.57. The van der Waals surface area contributed by atoms with E-state index in [-0.39, 0.29) is 0 Å². The van der Waals surface area contributed by atoms with Crippen LogP contribution in [0.25, 0.3) is 11.4 Å². The maximum Gasteiger partial charge on any atom is 0.184 e. The van der Waals surface area contributed by atoms with Gasteiger partial charge in [0, 0.05) is 13.2 Å². The zero-order chi connectivity index (χ0) is 10.1. The van der Waals surface area contributed by atoms with Gasteiger partial charge < -0.3 is 0 Å². The van der Waals surface area contributed by atoms with E-state index in [2.05, 4.69) is 27.2 Å². The lowest BCUT2D eigenvalue weighted by Gasteiger charge is -1.91. The van der Waals surface area contributed by atoms with Crippen molar-refractivity contribution in [3.8, 4) is 11.4 Å². The van der Waals surface area contributed by atoms with Crippen LogP contribution in [0.3, 0.4) is 0 Å². The molecular weight excluding hydrogens is 178 g/mol. The average Bonchev–Trinajstić information content (AvgIpc) is 2.71. The van der Waals surface area contributed by atoms with Crippen LogP contribution in [-0.2, 0) is 13.5 Å². The van der Waals surface area contributed by atoms with Crippen molar-refractivity contribution in [3.05, 3.63) is 17.7 Å². The first-order valence-corrected chi connectivity index (χ1v) is 4.62. The van der Waals surface area contributed by atoms with Crippen molar-refractivity contribution in [3.63, 3.8) is 0 Å². The predicted molar refractivity (Wildman–Crippen MR) is 52.7 cm³/mol. The molecule has 0 aromatic carbocycles. The molecule has 14 heavy (non-hydrogen) atoms. The number of H-pyrrole nitrogens is 1. The molecule has 2 rings (SSSR count). The number of hydrogen-bond donors (Lipinski definition) is 1. The van der Waals surface area contributed by atoms with Crippen molar-refractivity contribution >= 4 is 0 Å². The highest BCUT2D eigenvalue weighted by molar-refractivity contribution is 5.56. The van der Waals surface area contributed by atoms with E-state index in [1.165, 1.54) is 0 Å². The van der Waals surface area contributed by atoms with Crippen LogP contribution in [0.4, 0.5) is 0 Å². The highest BCUT2D eigenvalue weighted by atomic mass is 15.3. The fourth-order valence-corrected chi connectivity index (χ4v) is 1.45. The number of aromatic nitrogens is 5. The van der Waals surface area contributed by atoms with E-state index in [9.17, 15) is 0 Å². The molecule has 0 saturated heterocycles. The number of nitrogens with one attached hydrogen (secondary N) is 1. The standard InChI is InChI=1S/C9H13N5/c1-4-8-7(5-14(3)13-8)9-10-6(2)11-12-9/h5H,4H2,1-3H3,(H,10,11,12). The lowest BCUT2D eigenvalue weighted by atomic mass is 10.2. The first-order valence-electron chi connectivity index (χ1n) is 4.62. The number of aryl methyl sites for hydroxylation is 3. The molecule has 2 aromatic rings. The summed E-state index contributed by atoms with van der Waals surface area (Å²) in [6.07, 6.45) is 2.84. The van der Waals surface area contributed by atoms with E-state index >= 15 is 0 Å². The summed E-state index contributed by atoms with van der Waals surface area (Å²) in [5.74, 6) is 1.55. The quantitative estimate of drug-likeness (QED) is 0.772. The minimum atomic E-state index is 0.729. The molecular formula is C9H13N5. The van der Waals surface area contributed by atoms with Gasteiger partial charge in [-0.05, 0) is 13.3 Å². The van der Waals surface area contributed by atoms with Crippen LogP contribution in [0.15, 0.2) is 6.20 Å². The summed E-state index contributed by atoms with van der Waals surface area (Å²) in [5, 5.41) is 11.3. The first kappa shape index (κ1) is 8.93. The van der Waals surface area contributed by atoms with E-state index in [1.807, 2.05) is 20.2 Å². The summed E-state index contributed by atoms with van der Waals surface area (Å²) in [6, 6.07) is 0. The molecule has 5 nitrogen and oxygen atoms in total. The Balaban J connectivity index is 2.49. The first-order chi connectivity index (χ1) is 6.70. The minimum absolute atomic E-state index is 0.729. The van der Waals surface area contributed by atoms with Crippen LogP contribution in [0.2, 0.25) is 0 Å². The summed E-state index contributed by atoms with van der Waals surface area (Å²) in [4.78, 5) is 4.28. The molecule has 5 heteroatoms. The normalized spacial score (nSPS) is 10.8. The Morgan fingerprint density at radius 1 is 1.50 bits per heavy atom. The van der Waals surface area contributed by atoms with Crippen molar-refractivity contribution < 1.29 is 0 Å². The lowest BCUT2D eigenvalue weighted by Crippen LogP contribution is -1.89. The van der Waals surface area contributed by atoms with Crippen molar-refractivity contribution in [2.45, 2.75) is 20.3 Å². The Bertz CT molecular complexity index is 440. The zero-order valence-corrected chi connectivity index (χ0v) is 8.57. The fraction of sp³-hybridized carbons (Fsp3) is 0.444. The van der Waals surface area contributed by atoms with Gasteiger partial charge in [-0.1, -0.05) is 6.92 Å². The molecule has 0 aliphatic rings. The Labute approximate surface area is 82.2 Å². The topological polar surface area (TPSA) is 59.4 Å². The number of hydrogen-bond acceptors (Lipinski definition) is 3. The Morgan fingerprint density at radius 2 is 2.29 bits per heavy atom. The largest absolute Gasteiger partial charge is 0.275 e. The van der Waals surface area contributed by atoms with E-state index in [0.29, 0.717) is 0 Å². The summed E-state index contributed by atoms with van der Waals surface area (Å²) in [6.45, 7) is 3.96. The monoisotopic (exact) mass is 191 g/mol. The molecule has 0 amide bonds. The van der Waals surface area contributed by atoms with E-state index < -0.39 is 0 Å². The maximum atomic E-state index is 4.34. The SMILES string of the molecule is CCc1nn(C)cc1-c1n[nH]c(C)n1. The number of nitrogens with zero attached hydrogens (tertiary/aromatic N) is 4. The lowest BCUT2D eigenvalue weighted by molar-refractivity contribution is 0.746. The van der Waals surface area contributed by atoms with Gasteiger partial charge >= 0.3 is 0 Å². The van der Waals surface area contributed by atoms with Gasteiger partial charge in [-0.3, -0.25) is 9.78 Å². The molecule has 0 aliphatic carbocycles. The third kappa shape index (κ3) is 1.41. The molecule has 2 heterocycles. The van der Waals surface area contributed by atoms with Gasteiger partial charge in [-0.2, -0.15) is 10.2 Å². The average molecular weight is 191 g/mol. The molecule has 1 N–H and O–H groups in total. The predicted octanol–water partition coefficient (Wildman–Crippen LogP) is 1.08. The third-order valence-corrected chi connectivity index (χ3v) is 2.08. The van der Waals surface area contributed by atoms with Crippen molar-refractivity contribution in [2.24, 2.45) is 7.05 Å². The fourth-order valence-electron chi connectivity index (χ4n) is 1.45. The van der Waals surface area contributed by atoms with Crippen LogP contribution >= 0.6 is 0 Å².